The fourth-order valence-electron chi connectivity index (χ4n) is 4.62. The lowest BCUT2D eigenvalue weighted by molar-refractivity contribution is -0.166. The van der Waals surface area contributed by atoms with Crippen LogP contribution in [-0.2, 0) is 25.5 Å². The highest BCUT2D eigenvalue weighted by Crippen LogP contribution is 2.47. The Morgan fingerprint density at radius 2 is 1.97 bits per heavy atom. The van der Waals surface area contributed by atoms with Crippen LogP contribution in [0.2, 0.25) is 0 Å². The van der Waals surface area contributed by atoms with Crippen molar-refractivity contribution in [1.82, 2.24) is 4.90 Å². The highest BCUT2D eigenvalue weighted by Gasteiger charge is 2.56. The molecule has 1 amide bonds. The molecule has 1 aliphatic heterocycles. The molecule has 1 aromatic carbocycles. The molecule has 1 saturated carbocycles. The number of carbonyl (C=O) groups is 2. The van der Waals surface area contributed by atoms with E-state index in [4.69, 9.17) is 18.9 Å². The standard InChI is InChI=1S/C23H33NO6/c1-4-5-13-29-17-22(20(25)28-3)11-6-12-23(15-22)16-24(21(26)30-23)14-18-7-9-19(27-2)10-8-18/h7-10H,4-6,11-17H2,1-3H3. The maximum absolute atomic E-state index is 12.7. The summed E-state index contributed by atoms with van der Waals surface area (Å²) in [7, 11) is 3.03. The summed E-state index contributed by atoms with van der Waals surface area (Å²) in [4.78, 5) is 27.1. The second-order valence-electron chi connectivity index (χ2n) is 8.46. The van der Waals surface area contributed by atoms with Gasteiger partial charge in [0, 0.05) is 19.6 Å². The van der Waals surface area contributed by atoms with Gasteiger partial charge in [-0.2, -0.15) is 0 Å². The molecule has 166 valence electrons. The Morgan fingerprint density at radius 3 is 2.63 bits per heavy atom. The van der Waals surface area contributed by atoms with Crippen LogP contribution in [0.15, 0.2) is 24.3 Å². The van der Waals surface area contributed by atoms with E-state index in [1.807, 2.05) is 24.3 Å². The summed E-state index contributed by atoms with van der Waals surface area (Å²) in [5.74, 6) is 0.500. The van der Waals surface area contributed by atoms with Crippen molar-refractivity contribution in [3.8, 4) is 5.75 Å². The van der Waals surface area contributed by atoms with E-state index in [0.29, 0.717) is 39.1 Å². The minimum Gasteiger partial charge on any atom is -0.497 e. The van der Waals surface area contributed by atoms with Crippen LogP contribution in [0.1, 0.15) is 51.0 Å². The Labute approximate surface area is 178 Å². The third-order valence-electron chi connectivity index (χ3n) is 6.16. The van der Waals surface area contributed by atoms with Gasteiger partial charge in [-0.25, -0.2) is 4.79 Å². The smallest absolute Gasteiger partial charge is 0.410 e. The van der Waals surface area contributed by atoms with Crippen molar-refractivity contribution < 1.29 is 28.5 Å². The zero-order valence-corrected chi connectivity index (χ0v) is 18.3. The molecule has 3 rings (SSSR count). The average molecular weight is 420 g/mol. The van der Waals surface area contributed by atoms with Crippen molar-refractivity contribution in [2.45, 2.75) is 57.6 Å². The number of amides is 1. The molecule has 2 fully saturated rings. The quantitative estimate of drug-likeness (QED) is 0.446. The summed E-state index contributed by atoms with van der Waals surface area (Å²) in [6.07, 6.45) is 4.30. The van der Waals surface area contributed by atoms with Crippen LogP contribution in [0.25, 0.3) is 0 Å². The molecule has 1 saturated heterocycles. The average Bonchev–Trinajstić information content (AvgIpc) is 3.05. The lowest BCUT2D eigenvalue weighted by Gasteiger charge is -2.42. The lowest BCUT2D eigenvalue weighted by atomic mass is 9.67. The number of rotatable bonds is 9. The van der Waals surface area contributed by atoms with Gasteiger partial charge in [-0.3, -0.25) is 9.69 Å². The molecule has 7 heteroatoms. The molecular weight excluding hydrogens is 386 g/mol. The Balaban J connectivity index is 1.71. The zero-order valence-electron chi connectivity index (χ0n) is 18.3. The van der Waals surface area contributed by atoms with E-state index in [9.17, 15) is 9.59 Å². The van der Waals surface area contributed by atoms with Gasteiger partial charge in [0.15, 0.2) is 0 Å². The Kier molecular flexibility index (Phi) is 7.23. The number of benzene rings is 1. The van der Waals surface area contributed by atoms with Gasteiger partial charge in [0.05, 0.1) is 32.8 Å². The second-order valence-corrected chi connectivity index (χ2v) is 8.46. The predicted molar refractivity (Wildman–Crippen MR) is 111 cm³/mol. The molecule has 30 heavy (non-hydrogen) atoms. The maximum Gasteiger partial charge on any atom is 0.410 e. The van der Waals surface area contributed by atoms with Crippen LogP contribution >= 0.6 is 0 Å². The zero-order chi connectivity index (χ0) is 21.6. The third-order valence-corrected chi connectivity index (χ3v) is 6.16. The number of unbranched alkanes of at least 4 members (excludes halogenated alkanes) is 1. The Bertz CT molecular complexity index is 736. The highest BCUT2D eigenvalue weighted by molar-refractivity contribution is 5.78. The summed E-state index contributed by atoms with van der Waals surface area (Å²) in [5.41, 5.74) is -0.441. The van der Waals surface area contributed by atoms with Crippen molar-refractivity contribution in [2.24, 2.45) is 5.41 Å². The molecule has 1 aromatic rings. The van der Waals surface area contributed by atoms with Crippen LogP contribution in [0.3, 0.4) is 0 Å². The maximum atomic E-state index is 12.7. The van der Waals surface area contributed by atoms with Crippen LogP contribution in [0.4, 0.5) is 4.79 Å². The molecular formula is C23H33NO6. The molecule has 2 unspecified atom stereocenters. The highest BCUT2D eigenvalue weighted by atomic mass is 16.6. The van der Waals surface area contributed by atoms with Crippen LogP contribution in [0, 0.1) is 5.41 Å². The predicted octanol–water partition coefficient (Wildman–Crippen LogP) is 3.94. The molecule has 1 aliphatic carbocycles. The summed E-state index contributed by atoms with van der Waals surface area (Å²) in [6, 6.07) is 7.64. The van der Waals surface area contributed by atoms with Crippen LogP contribution < -0.4 is 4.74 Å². The van der Waals surface area contributed by atoms with Gasteiger partial charge < -0.3 is 18.9 Å². The van der Waals surface area contributed by atoms with E-state index in [0.717, 1.165) is 37.0 Å². The SMILES string of the molecule is CCCCOCC1(C(=O)OC)CCCC2(CN(Cc3ccc(OC)cc3)C(=O)O2)C1. The van der Waals surface area contributed by atoms with Gasteiger partial charge >= 0.3 is 12.1 Å². The van der Waals surface area contributed by atoms with E-state index in [1.54, 1.807) is 12.0 Å². The Morgan fingerprint density at radius 1 is 1.20 bits per heavy atom. The van der Waals surface area contributed by atoms with E-state index < -0.39 is 11.0 Å². The molecule has 1 heterocycles. The van der Waals surface area contributed by atoms with Crippen LogP contribution in [-0.4, -0.2) is 56.5 Å². The number of nitrogens with zero attached hydrogens (tertiary/aromatic N) is 1. The van der Waals surface area contributed by atoms with Crippen molar-refractivity contribution >= 4 is 12.1 Å². The van der Waals surface area contributed by atoms with Gasteiger partial charge in [0.25, 0.3) is 0 Å². The van der Waals surface area contributed by atoms with E-state index in [-0.39, 0.29) is 12.1 Å². The normalized spacial score (nSPS) is 26.0. The first-order valence-electron chi connectivity index (χ1n) is 10.7. The summed E-state index contributed by atoms with van der Waals surface area (Å²) < 4.78 is 22.1. The van der Waals surface area contributed by atoms with Gasteiger partial charge in [-0.05, 0) is 43.4 Å². The largest absolute Gasteiger partial charge is 0.497 e. The van der Waals surface area contributed by atoms with E-state index >= 15 is 0 Å². The summed E-state index contributed by atoms with van der Waals surface area (Å²) in [5, 5.41) is 0. The van der Waals surface area contributed by atoms with Crippen molar-refractivity contribution in [3.63, 3.8) is 0 Å². The molecule has 0 bridgehead atoms. The monoisotopic (exact) mass is 419 g/mol. The number of hydrogen-bond acceptors (Lipinski definition) is 6. The molecule has 0 radical (unpaired) electrons. The Hall–Kier alpha value is -2.28. The van der Waals surface area contributed by atoms with E-state index in [2.05, 4.69) is 6.92 Å². The molecule has 2 atom stereocenters. The number of ether oxygens (including phenoxy) is 4. The molecule has 2 aliphatic rings. The first-order valence-corrected chi connectivity index (χ1v) is 10.7. The van der Waals surface area contributed by atoms with E-state index in [1.165, 1.54) is 7.11 Å². The third kappa shape index (κ3) is 4.89. The van der Waals surface area contributed by atoms with Gasteiger partial charge in [0.1, 0.15) is 11.4 Å². The van der Waals surface area contributed by atoms with Crippen molar-refractivity contribution in [1.29, 1.82) is 0 Å². The summed E-state index contributed by atoms with van der Waals surface area (Å²) in [6.45, 7) is 3.95. The molecule has 7 nitrogen and oxygen atoms in total. The lowest BCUT2D eigenvalue weighted by Crippen LogP contribution is -2.50. The number of hydrogen-bond donors (Lipinski definition) is 0. The van der Waals surface area contributed by atoms with Crippen LogP contribution in [0.5, 0.6) is 5.75 Å². The van der Waals surface area contributed by atoms with Gasteiger partial charge in [-0.1, -0.05) is 25.5 Å². The first-order chi connectivity index (χ1) is 14.5. The fourth-order valence-corrected chi connectivity index (χ4v) is 4.62. The summed E-state index contributed by atoms with van der Waals surface area (Å²) >= 11 is 0. The molecule has 1 spiro atoms. The minimum atomic E-state index is -0.767. The topological polar surface area (TPSA) is 74.3 Å². The molecule has 0 aromatic heterocycles. The van der Waals surface area contributed by atoms with Crippen molar-refractivity contribution in [3.05, 3.63) is 29.8 Å². The minimum absolute atomic E-state index is 0.275. The first kappa shape index (κ1) is 22.4. The van der Waals surface area contributed by atoms with Crippen molar-refractivity contribution in [2.75, 3.05) is 34.0 Å². The van der Waals surface area contributed by atoms with Gasteiger partial charge in [0.2, 0.25) is 0 Å². The number of carbonyl (C=O) groups excluding carboxylic acids is 2. The van der Waals surface area contributed by atoms with Gasteiger partial charge in [-0.15, -0.1) is 0 Å². The fraction of sp³-hybridized carbons (Fsp3) is 0.652. The number of esters is 1. The number of methoxy groups -OCH3 is 2. The second kappa shape index (κ2) is 9.69. The molecule has 0 N–H and O–H groups in total.